The zero-order valence-corrected chi connectivity index (χ0v) is 18.5. The highest BCUT2D eigenvalue weighted by Gasteiger charge is 2.33. The number of fused-ring (bicyclic) bond motifs is 1. The van der Waals surface area contributed by atoms with Crippen molar-refractivity contribution in [2.45, 2.75) is 37.9 Å². The summed E-state index contributed by atoms with van der Waals surface area (Å²) in [5, 5.41) is 8.41. The van der Waals surface area contributed by atoms with E-state index < -0.39 is 0 Å². The molecular weight excluding hydrogens is 412 g/mol. The summed E-state index contributed by atoms with van der Waals surface area (Å²) in [5.74, 6) is 0.122. The lowest BCUT2D eigenvalue weighted by molar-refractivity contribution is -0.122. The van der Waals surface area contributed by atoms with Crippen molar-refractivity contribution in [3.63, 3.8) is 0 Å². The molecule has 0 bridgehead atoms. The number of benzene rings is 1. The fourth-order valence-corrected chi connectivity index (χ4v) is 6.22. The smallest absolute Gasteiger partial charge is 0.242 e. The lowest BCUT2D eigenvalue weighted by atomic mass is 10.0. The first-order valence-corrected chi connectivity index (χ1v) is 12.3. The third kappa shape index (κ3) is 4.02. The minimum Gasteiger partial charge on any atom is -0.352 e. The first kappa shape index (κ1) is 19.7. The molecule has 0 saturated carbocycles. The van der Waals surface area contributed by atoms with Crippen molar-refractivity contribution in [1.82, 2.24) is 15.2 Å². The molecule has 5 nitrogen and oxygen atoms in total. The molecule has 2 unspecified atom stereocenters. The maximum Gasteiger partial charge on any atom is 0.242 e. The fraction of sp³-hybridized carbons (Fsp3) is 0.391. The Hall–Kier alpha value is -2.22. The van der Waals surface area contributed by atoms with Gasteiger partial charge in [0.1, 0.15) is 6.04 Å². The molecule has 0 spiro atoms. The summed E-state index contributed by atoms with van der Waals surface area (Å²) in [6.45, 7) is 3.51. The average Bonchev–Trinajstić information content (AvgIpc) is 3.55. The number of rotatable bonds is 6. The Bertz CT molecular complexity index is 972. The Balaban J connectivity index is 1.30. The highest BCUT2D eigenvalue weighted by atomic mass is 32.1. The van der Waals surface area contributed by atoms with E-state index in [0.717, 1.165) is 44.0 Å². The number of hydrogen-bond acceptors (Lipinski definition) is 6. The summed E-state index contributed by atoms with van der Waals surface area (Å²) in [4.78, 5) is 23.7. The minimum atomic E-state index is -0.114. The van der Waals surface area contributed by atoms with Crippen LogP contribution in [0.2, 0.25) is 0 Å². The molecule has 1 N–H and O–H groups in total. The van der Waals surface area contributed by atoms with E-state index in [4.69, 9.17) is 0 Å². The minimum absolute atomic E-state index is 0.114. The Morgan fingerprint density at radius 1 is 1.17 bits per heavy atom. The van der Waals surface area contributed by atoms with Crippen LogP contribution in [0.1, 0.15) is 34.9 Å². The molecule has 1 aromatic carbocycles. The summed E-state index contributed by atoms with van der Waals surface area (Å²) < 4.78 is 0. The van der Waals surface area contributed by atoms with E-state index in [-0.39, 0.29) is 18.0 Å². The molecule has 2 atom stereocenters. The predicted octanol–water partition coefficient (Wildman–Crippen LogP) is 4.09. The topological polar surface area (TPSA) is 48.5 Å². The quantitative estimate of drug-likeness (QED) is 0.630. The molecule has 7 heteroatoms. The van der Waals surface area contributed by atoms with Gasteiger partial charge in [-0.3, -0.25) is 9.69 Å². The number of hydrogen-bond donors (Lipinski definition) is 1. The van der Waals surface area contributed by atoms with E-state index in [0.29, 0.717) is 6.54 Å². The van der Waals surface area contributed by atoms with Gasteiger partial charge in [-0.2, -0.15) is 0 Å². The van der Waals surface area contributed by atoms with E-state index in [9.17, 15) is 4.79 Å². The Morgan fingerprint density at radius 2 is 2.07 bits per heavy atom. The fourth-order valence-electron chi connectivity index (χ4n) is 4.61. The maximum absolute atomic E-state index is 13.1. The van der Waals surface area contributed by atoms with Gasteiger partial charge in [0, 0.05) is 42.6 Å². The zero-order chi connectivity index (χ0) is 20.3. The largest absolute Gasteiger partial charge is 0.352 e. The number of thiophene rings is 1. The van der Waals surface area contributed by atoms with Crippen LogP contribution in [0.4, 0.5) is 5.13 Å². The van der Waals surface area contributed by atoms with Gasteiger partial charge in [-0.25, -0.2) is 4.98 Å². The summed E-state index contributed by atoms with van der Waals surface area (Å²) in [6.07, 6.45) is 4.83. The number of thiazole rings is 1. The number of carbonyl (C=O) groups excluding carboxylic acids is 1. The molecule has 0 radical (unpaired) electrons. The second kappa shape index (κ2) is 8.88. The van der Waals surface area contributed by atoms with E-state index in [1.165, 1.54) is 16.0 Å². The normalized spacial score (nSPS) is 20.1. The van der Waals surface area contributed by atoms with Crippen LogP contribution in [0.15, 0.2) is 53.4 Å². The average molecular weight is 439 g/mol. The molecule has 30 heavy (non-hydrogen) atoms. The zero-order valence-electron chi connectivity index (χ0n) is 16.9. The van der Waals surface area contributed by atoms with Gasteiger partial charge in [0.2, 0.25) is 5.91 Å². The number of aromatic nitrogens is 1. The lowest BCUT2D eigenvalue weighted by Gasteiger charge is -2.35. The van der Waals surface area contributed by atoms with Crippen LogP contribution in [0.25, 0.3) is 0 Å². The van der Waals surface area contributed by atoms with Gasteiger partial charge in [0.25, 0.3) is 0 Å². The summed E-state index contributed by atoms with van der Waals surface area (Å²) in [5.41, 5.74) is 2.70. The van der Waals surface area contributed by atoms with Gasteiger partial charge in [-0.1, -0.05) is 30.3 Å². The monoisotopic (exact) mass is 438 g/mol. The predicted molar refractivity (Wildman–Crippen MR) is 123 cm³/mol. The van der Waals surface area contributed by atoms with Crippen molar-refractivity contribution in [3.8, 4) is 0 Å². The van der Waals surface area contributed by atoms with Crippen LogP contribution in [0, 0.1) is 0 Å². The van der Waals surface area contributed by atoms with Gasteiger partial charge in [0.05, 0.1) is 6.04 Å². The highest BCUT2D eigenvalue weighted by molar-refractivity contribution is 7.13. The van der Waals surface area contributed by atoms with Crippen molar-refractivity contribution in [2.75, 3.05) is 24.5 Å². The van der Waals surface area contributed by atoms with Crippen LogP contribution < -0.4 is 10.2 Å². The van der Waals surface area contributed by atoms with Crippen molar-refractivity contribution in [3.05, 3.63) is 69.4 Å². The molecule has 1 saturated heterocycles. The molecular formula is C23H26N4OS2. The number of carbonyl (C=O) groups is 1. The van der Waals surface area contributed by atoms with E-state index in [1.54, 1.807) is 11.3 Å². The van der Waals surface area contributed by atoms with Crippen LogP contribution in [-0.4, -0.2) is 41.5 Å². The lowest BCUT2D eigenvalue weighted by Crippen LogP contribution is -2.47. The first-order valence-electron chi connectivity index (χ1n) is 10.6. The third-order valence-corrected chi connectivity index (χ3v) is 7.98. The standard InChI is InChI=1S/C23H26N4OS2/c28-22(19-7-4-11-27(19)23-24-10-14-30-23)25-15-20(17-5-2-1-3-6-17)26-12-8-21-18(16-26)9-13-29-21/h1-3,5-6,9-10,13-14,19-20H,4,7-8,11-12,15-16H2,(H,25,28). The van der Waals surface area contributed by atoms with Gasteiger partial charge < -0.3 is 10.2 Å². The molecule has 1 amide bonds. The van der Waals surface area contributed by atoms with Crippen LogP contribution in [-0.2, 0) is 17.8 Å². The summed E-state index contributed by atoms with van der Waals surface area (Å²) in [6, 6.07) is 12.9. The second-order valence-electron chi connectivity index (χ2n) is 7.93. The molecule has 2 aromatic heterocycles. The molecule has 2 aliphatic heterocycles. The van der Waals surface area contributed by atoms with Gasteiger partial charge >= 0.3 is 0 Å². The third-order valence-electron chi connectivity index (χ3n) is 6.15. The van der Waals surface area contributed by atoms with Gasteiger partial charge in [0.15, 0.2) is 5.13 Å². The van der Waals surface area contributed by atoms with Crippen molar-refractivity contribution in [1.29, 1.82) is 0 Å². The van der Waals surface area contributed by atoms with Crippen LogP contribution in [0.5, 0.6) is 0 Å². The van der Waals surface area contributed by atoms with Crippen molar-refractivity contribution >= 4 is 33.7 Å². The Morgan fingerprint density at radius 3 is 2.90 bits per heavy atom. The molecule has 1 fully saturated rings. The van der Waals surface area contributed by atoms with E-state index >= 15 is 0 Å². The highest BCUT2D eigenvalue weighted by Crippen LogP contribution is 2.31. The van der Waals surface area contributed by atoms with Gasteiger partial charge in [-0.15, -0.1) is 22.7 Å². The van der Waals surface area contributed by atoms with E-state index in [1.807, 2.05) is 22.9 Å². The number of nitrogens with zero attached hydrogens (tertiary/aromatic N) is 3. The molecule has 156 valence electrons. The Kier molecular flexibility index (Phi) is 5.84. The number of amides is 1. The molecule has 5 rings (SSSR count). The second-order valence-corrected chi connectivity index (χ2v) is 9.80. The molecule has 2 aliphatic rings. The van der Waals surface area contributed by atoms with E-state index in [2.05, 4.69) is 61.9 Å². The van der Waals surface area contributed by atoms with Crippen LogP contribution in [0.3, 0.4) is 0 Å². The maximum atomic E-state index is 13.1. The van der Waals surface area contributed by atoms with Crippen LogP contribution >= 0.6 is 22.7 Å². The SMILES string of the molecule is O=C(NCC(c1ccccc1)N1CCc2sccc2C1)C1CCCN1c1nccs1. The van der Waals surface area contributed by atoms with Gasteiger partial charge in [-0.05, 0) is 41.8 Å². The molecule has 0 aliphatic carbocycles. The molecule has 3 aromatic rings. The van der Waals surface area contributed by atoms with Crippen molar-refractivity contribution in [2.24, 2.45) is 0 Å². The first-order chi connectivity index (χ1) is 14.8. The Labute approximate surface area is 185 Å². The number of anilines is 1. The van der Waals surface area contributed by atoms with Crippen molar-refractivity contribution < 1.29 is 4.79 Å². The summed E-state index contributed by atoms with van der Waals surface area (Å²) in [7, 11) is 0. The summed E-state index contributed by atoms with van der Waals surface area (Å²) >= 11 is 3.47. The molecule has 4 heterocycles. The number of nitrogens with one attached hydrogen (secondary N) is 1.